The van der Waals surface area contributed by atoms with Crippen molar-refractivity contribution in [2.45, 2.75) is 31.2 Å². The summed E-state index contributed by atoms with van der Waals surface area (Å²) in [6.45, 7) is 2.91. The van der Waals surface area contributed by atoms with Gasteiger partial charge in [0, 0.05) is 25.3 Å². The Kier molecular flexibility index (Phi) is 5.32. The normalized spacial score (nSPS) is 17.3. The van der Waals surface area contributed by atoms with Gasteiger partial charge in [0.1, 0.15) is 0 Å². The van der Waals surface area contributed by atoms with Gasteiger partial charge in [-0.2, -0.15) is 0 Å². The minimum atomic E-state index is -0.630. The molecule has 6 nitrogen and oxygen atoms in total. The van der Waals surface area contributed by atoms with Gasteiger partial charge in [-0.3, -0.25) is 14.9 Å². The van der Waals surface area contributed by atoms with Crippen molar-refractivity contribution in [2.75, 3.05) is 13.2 Å². The van der Waals surface area contributed by atoms with Crippen LogP contribution >= 0.6 is 0 Å². The molecule has 136 valence electrons. The number of nitrogens with one attached hydrogen (secondary N) is 1. The van der Waals surface area contributed by atoms with Gasteiger partial charge < -0.3 is 10.1 Å². The number of hydrogen-bond donors (Lipinski definition) is 1. The highest BCUT2D eigenvalue weighted by Gasteiger charge is 2.42. The lowest BCUT2D eigenvalue weighted by atomic mass is 9.73. The quantitative estimate of drug-likeness (QED) is 0.658. The minimum Gasteiger partial charge on any atom is -0.381 e. The van der Waals surface area contributed by atoms with Crippen LogP contribution in [-0.4, -0.2) is 24.0 Å². The molecule has 1 aliphatic heterocycles. The predicted octanol–water partition coefficient (Wildman–Crippen LogP) is 3.52. The zero-order valence-corrected chi connectivity index (χ0v) is 14.7. The summed E-state index contributed by atoms with van der Waals surface area (Å²) >= 11 is 0. The highest BCUT2D eigenvalue weighted by Crippen LogP contribution is 2.36. The number of nitro groups is 1. The Bertz CT molecular complexity index is 785. The fourth-order valence-electron chi connectivity index (χ4n) is 3.45. The van der Waals surface area contributed by atoms with E-state index in [0.29, 0.717) is 31.6 Å². The van der Waals surface area contributed by atoms with Crippen molar-refractivity contribution >= 4 is 11.6 Å². The summed E-state index contributed by atoms with van der Waals surface area (Å²) in [6.07, 6.45) is 1.23. The second kappa shape index (κ2) is 7.66. The van der Waals surface area contributed by atoms with E-state index >= 15 is 0 Å². The van der Waals surface area contributed by atoms with Gasteiger partial charge in [-0.15, -0.1) is 0 Å². The van der Waals surface area contributed by atoms with E-state index in [0.717, 1.165) is 5.56 Å². The molecule has 1 N–H and O–H groups in total. The molecule has 1 unspecified atom stereocenters. The molecule has 1 heterocycles. The zero-order chi connectivity index (χ0) is 18.6. The van der Waals surface area contributed by atoms with E-state index in [2.05, 4.69) is 5.32 Å². The smallest absolute Gasteiger partial charge is 0.269 e. The van der Waals surface area contributed by atoms with E-state index in [4.69, 9.17) is 4.74 Å². The van der Waals surface area contributed by atoms with Crippen LogP contribution in [0.25, 0.3) is 0 Å². The first-order valence-electron chi connectivity index (χ1n) is 8.71. The third kappa shape index (κ3) is 3.60. The maximum Gasteiger partial charge on any atom is 0.269 e. The Morgan fingerprint density at radius 3 is 2.50 bits per heavy atom. The summed E-state index contributed by atoms with van der Waals surface area (Å²) < 4.78 is 5.47. The van der Waals surface area contributed by atoms with Crippen molar-refractivity contribution in [2.24, 2.45) is 0 Å². The van der Waals surface area contributed by atoms with Crippen LogP contribution in [0.3, 0.4) is 0 Å². The largest absolute Gasteiger partial charge is 0.381 e. The fourth-order valence-corrected chi connectivity index (χ4v) is 3.45. The summed E-state index contributed by atoms with van der Waals surface area (Å²) in [7, 11) is 0. The standard InChI is InChI=1S/C20H22N2O4/c1-15(16-6-5-9-18(14-16)22(24)25)21-19(23)20(10-12-26-13-11-20)17-7-3-2-4-8-17/h2-9,14-15H,10-13H2,1H3,(H,21,23). The zero-order valence-electron chi connectivity index (χ0n) is 14.7. The molecule has 1 aliphatic rings. The molecular formula is C20H22N2O4. The number of hydrogen-bond acceptors (Lipinski definition) is 4. The van der Waals surface area contributed by atoms with Crippen LogP contribution in [0.1, 0.15) is 36.9 Å². The van der Waals surface area contributed by atoms with Gasteiger partial charge in [0.2, 0.25) is 5.91 Å². The first kappa shape index (κ1) is 18.1. The summed E-state index contributed by atoms with van der Waals surface area (Å²) in [6, 6.07) is 15.8. The number of nitro benzene ring substituents is 1. The SMILES string of the molecule is CC(NC(=O)C1(c2ccccc2)CCOCC1)c1cccc([N+](=O)[O-])c1. The molecule has 0 aromatic heterocycles. The molecule has 0 aliphatic carbocycles. The fraction of sp³-hybridized carbons (Fsp3) is 0.350. The Balaban J connectivity index is 1.84. The lowest BCUT2D eigenvalue weighted by Crippen LogP contribution is -2.48. The molecule has 0 spiro atoms. The second-order valence-electron chi connectivity index (χ2n) is 6.61. The number of ether oxygens (including phenoxy) is 1. The number of carbonyl (C=O) groups is 1. The van der Waals surface area contributed by atoms with Gasteiger partial charge in [0.05, 0.1) is 16.4 Å². The molecule has 3 rings (SSSR count). The van der Waals surface area contributed by atoms with E-state index in [9.17, 15) is 14.9 Å². The minimum absolute atomic E-state index is 0.0208. The lowest BCUT2D eigenvalue weighted by Gasteiger charge is -2.37. The van der Waals surface area contributed by atoms with E-state index in [1.165, 1.54) is 12.1 Å². The number of nitrogens with zero attached hydrogens (tertiary/aromatic N) is 1. The molecule has 2 aromatic rings. The molecule has 1 saturated heterocycles. The molecule has 0 bridgehead atoms. The Hall–Kier alpha value is -2.73. The summed E-state index contributed by atoms with van der Waals surface area (Å²) in [5.74, 6) is -0.0639. The van der Waals surface area contributed by atoms with Gasteiger partial charge in [0.15, 0.2) is 0 Å². The topological polar surface area (TPSA) is 81.5 Å². The summed E-state index contributed by atoms with van der Waals surface area (Å²) in [5.41, 5.74) is 1.08. The molecule has 0 saturated carbocycles. The van der Waals surface area contributed by atoms with Crippen molar-refractivity contribution in [1.82, 2.24) is 5.32 Å². The van der Waals surface area contributed by atoms with Crippen LogP contribution < -0.4 is 5.32 Å². The Morgan fingerprint density at radius 2 is 1.85 bits per heavy atom. The van der Waals surface area contributed by atoms with Crippen molar-refractivity contribution in [3.8, 4) is 0 Å². The molecule has 2 aromatic carbocycles. The van der Waals surface area contributed by atoms with Crippen LogP contribution in [0.5, 0.6) is 0 Å². The van der Waals surface area contributed by atoms with Crippen LogP contribution in [-0.2, 0) is 14.9 Å². The highest BCUT2D eigenvalue weighted by molar-refractivity contribution is 5.88. The second-order valence-corrected chi connectivity index (χ2v) is 6.61. The molecular weight excluding hydrogens is 332 g/mol. The average molecular weight is 354 g/mol. The van der Waals surface area contributed by atoms with E-state index in [1.54, 1.807) is 12.1 Å². The molecule has 1 atom stereocenters. The van der Waals surface area contributed by atoms with Gasteiger partial charge in [-0.25, -0.2) is 0 Å². The number of carbonyl (C=O) groups excluding carboxylic acids is 1. The van der Waals surface area contributed by atoms with Gasteiger partial charge in [-0.05, 0) is 30.9 Å². The van der Waals surface area contributed by atoms with Crippen LogP contribution in [0, 0.1) is 10.1 Å². The number of amides is 1. The molecule has 6 heteroatoms. The average Bonchev–Trinajstić information content (AvgIpc) is 2.69. The maximum atomic E-state index is 13.2. The predicted molar refractivity (Wildman–Crippen MR) is 97.8 cm³/mol. The monoisotopic (exact) mass is 354 g/mol. The van der Waals surface area contributed by atoms with E-state index in [-0.39, 0.29) is 17.6 Å². The van der Waals surface area contributed by atoms with E-state index < -0.39 is 10.3 Å². The molecule has 1 fully saturated rings. The summed E-state index contributed by atoms with van der Waals surface area (Å²) in [4.78, 5) is 23.8. The molecule has 0 radical (unpaired) electrons. The van der Waals surface area contributed by atoms with Gasteiger partial charge in [0.25, 0.3) is 5.69 Å². The van der Waals surface area contributed by atoms with Crippen molar-refractivity contribution < 1.29 is 14.5 Å². The Labute approximate surface area is 152 Å². The summed E-state index contributed by atoms with van der Waals surface area (Å²) in [5, 5.41) is 14.0. The number of benzene rings is 2. The molecule has 1 amide bonds. The first-order valence-corrected chi connectivity index (χ1v) is 8.71. The first-order chi connectivity index (χ1) is 12.5. The van der Waals surface area contributed by atoms with Crippen molar-refractivity contribution in [1.29, 1.82) is 0 Å². The third-order valence-electron chi connectivity index (χ3n) is 5.04. The van der Waals surface area contributed by atoms with Crippen LogP contribution in [0.2, 0.25) is 0 Å². The molecule has 26 heavy (non-hydrogen) atoms. The maximum absolute atomic E-state index is 13.2. The highest BCUT2D eigenvalue weighted by atomic mass is 16.6. The third-order valence-corrected chi connectivity index (χ3v) is 5.04. The van der Waals surface area contributed by atoms with Crippen LogP contribution in [0.15, 0.2) is 54.6 Å². The van der Waals surface area contributed by atoms with E-state index in [1.807, 2.05) is 37.3 Å². The Morgan fingerprint density at radius 1 is 1.15 bits per heavy atom. The van der Waals surface area contributed by atoms with Gasteiger partial charge in [-0.1, -0.05) is 42.5 Å². The van der Waals surface area contributed by atoms with Crippen LogP contribution in [0.4, 0.5) is 5.69 Å². The lowest BCUT2D eigenvalue weighted by molar-refractivity contribution is -0.384. The van der Waals surface area contributed by atoms with Crippen molar-refractivity contribution in [3.05, 3.63) is 75.8 Å². The van der Waals surface area contributed by atoms with Gasteiger partial charge >= 0.3 is 0 Å². The number of non-ortho nitro benzene ring substituents is 1. The number of rotatable bonds is 5. The van der Waals surface area contributed by atoms with Crippen molar-refractivity contribution in [3.63, 3.8) is 0 Å².